The molecule has 8 nitrogen and oxygen atoms in total. The zero-order chi connectivity index (χ0) is 22.1. The number of pyridine rings is 1. The molecular formula is C23H33N5O3S. The van der Waals surface area contributed by atoms with Crippen molar-refractivity contribution in [2.24, 2.45) is 5.92 Å². The molecular weight excluding hydrogens is 426 g/mol. The highest BCUT2D eigenvalue weighted by molar-refractivity contribution is 8.00. The lowest BCUT2D eigenvalue weighted by Gasteiger charge is -2.42. The molecule has 0 radical (unpaired) electrons. The fourth-order valence-corrected chi connectivity index (χ4v) is 7.44. The van der Waals surface area contributed by atoms with Gasteiger partial charge in [-0.1, -0.05) is 12.5 Å². The standard InChI is InChI=1S/C23H33N5O3S/c29-20(6-2-1-5-19-22-17(14-32-19)25-23(31)26-22)24-8-9-27-11-15-10-16(13-27)18-4-3-7-21(30)28(18)12-15/h3-4,7,15-17,19,22H,1-2,5-6,8-14H2,(H,24,29)(H2,25,26,31)/t15-,16+,17+,19+,22+/m1/s1. The number of nitrogens with one attached hydrogen (secondary N) is 3. The van der Waals surface area contributed by atoms with Gasteiger partial charge in [-0.3, -0.25) is 9.59 Å². The molecule has 0 aliphatic carbocycles. The van der Waals surface area contributed by atoms with Crippen molar-refractivity contribution in [1.82, 2.24) is 25.4 Å². The Morgan fingerprint density at radius 2 is 2.06 bits per heavy atom. The first-order valence-corrected chi connectivity index (χ1v) is 13.0. The predicted octanol–water partition coefficient (Wildman–Crippen LogP) is 1.11. The Hall–Kier alpha value is -2.00. The largest absolute Gasteiger partial charge is 0.355 e. The van der Waals surface area contributed by atoms with Crippen molar-refractivity contribution in [2.45, 2.75) is 61.9 Å². The third-order valence-corrected chi connectivity index (χ3v) is 8.89. The topological polar surface area (TPSA) is 95.5 Å². The summed E-state index contributed by atoms with van der Waals surface area (Å²) < 4.78 is 1.96. The maximum absolute atomic E-state index is 12.3. The van der Waals surface area contributed by atoms with Crippen molar-refractivity contribution in [3.8, 4) is 0 Å². The molecule has 3 fully saturated rings. The van der Waals surface area contributed by atoms with Gasteiger partial charge in [0.2, 0.25) is 5.91 Å². The fraction of sp³-hybridized carbons (Fsp3) is 0.696. The van der Waals surface area contributed by atoms with Crippen molar-refractivity contribution < 1.29 is 9.59 Å². The molecule has 32 heavy (non-hydrogen) atoms. The lowest BCUT2D eigenvalue weighted by molar-refractivity contribution is -0.121. The van der Waals surface area contributed by atoms with Gasteiger partial charge >= 0.3 is 6.03 Å². The number of unbranched alkanes of at least 4 members (excludes halogenated alkanes) is 1. The molecule has 1 aromatic rings. The second kappa shape index (κ2) is 9.47. The maximum atomic E-state index is 12.3. The number of carbonyl (C=O) groups excluding carboxylic acids is 2. The number of fused-ring (bicyclic) bond motifs is 5. The van der Waals surface area contributed by atoms with Crippen LogP contribution in [0.4, 0.5) is 4.79 Å². The molecule has 0 saturated carbocycles. The van der Waals surface area contributed by atoms with E-state index in [0.29, 0.717) is 30.1 Å². The Balaban J connectivity index is 0.987. The highest BCUT2D eigenvalue weighted by atomic mass is 32.2. The van der Waals surface area contributed by atoms with Crippen LogP contribution in [0.25, 0.3) is 0 Å². The first-order valence-electron chi connectivity index (χ1n) is 11.9. The Morgan fingerprint density at radius 3 is 2.97 bits per heavy atom. The van der Waals surface area contributed by atoms with Crippen molar-refractivity contribution in [2.75, 3.05) is 31.9 Å². The summed E-state index contributed by atoms with van der Waals surface area (Å²) in [5.74, 6) is 2.05. The number of urea groups is 1. The van der Waals surface area contributed by atoms with E-state index in [1.54, 1.807) is 6.07 Å². The lowest BCUT2D eigenvalue weighted by Crippen LogP contribution is -2.48. The number of thioether (sulfide) groups is 1. The zero-order valence-electron chi connectivity index (χ0n) is 18.4. The molecule has 3 amide bonds. The van der Waals surface area contributed by atoms with Gasteiger partial charge in [0.05, 0.1) is 12.1 Å². The van der Waals surface area contributed by atoms with Crippen molar-refractivity contribution in [3.63, 3.8) is 0 Å². The molecule has 3 saturated heterocycles. The minimum Gasteiger partial charge on any atom is -0.355 e. The van der Waals surface area contributed by atoms with Gasteiger partial charge in [-0.25, -0.2) is 4.79 Å². The fourth-order valence-electron chi connectivity index (χ4n) is 5.89. The quantitative estimate of drug-likeness (QED) is 0.400. The molecule has 4 aliphatic rings. The van der Waals surface area contributed by atoms with Gasteiger partial charge in [0, 0.05) is 67.8 Å². The van der Waals surface area contributed by atoms with Crippen LogP contribution in [-0.2, 0) is 11.3 Å². The van der Waals surface area contributed by atoms with Crippen LogP contribution in [0.15, 0.2) is 23.0 Å². The molecule has 0 spiro atoms. The molecule has 0 unspecified atom stereocenters. The molecule has 174 valence electrons. The van der Waals surface area contributed by atoms with Crippen molar-refractivity contribution >= 4 is 23.7 Å². The van der Waals surface area contributed by atoms with Crippen LogP contribution in [-0.4, -0.2) is 70.7 Å². The van der Waals surface area contributed by atoms with E-state index in [-0.39, 0.29) is 29.6 Å². The number of amides is 3. The number of hydrogen-bond donors (Lipinski definition) is 3. The average molecular weight is 460 g/mol. The van der Waals surface area contributed by atoms with Crippen LogP contribution in [0, 0.1) is 5.92 Å². The normalized spacial score (nSPS) is 30.9. The zero-order valence-corrected chi connectivity index (χ0v) is 19.2. The van der Waals surface area contributed by atoms with E-state index >= 15 is 0 Å². The van der Waals surface area contributed by atoms with Crippen LogP contribution >= 0.6 is 11.8 Å². The predicted molar refractivity (Wildman–Crippen MR) is 125 cm³/mol. The first kappa shape index (κ1) is 21.8. The van der Waals surface area contributed by atoms with Crippen LogP contribution < -0.4 is 21.5 Å². The summed E-state index contributed by atoms with van der Waals surface area (Å²) in [4.78, 5) is 38.3. The summed E-state index contributed by atoms with van der Waals surface area (Å²) >= 11 is 1.93. The van der Waals surface area contributed by atoms with E-state index < -0.39 is 0 Å². The summed E-state index contributed by atoms with van der Waals surface area (Å²) in [6, 6.07) is 6.10. The Labute approximate surface area is 192 Å². The van der Waals surface area contributed by atoms with E-state index in [9.17, 15) is 14.4 Å². The van der Waals surface area contributed by atoms with E-state index in [1.165, 1.54) is 5.69 Å². The van der Waals surface area contributed by atoms with Gasteiger partial charge in [0.15, 0.2) is 0 Å². The maximum Gasteiger partial charge on any atom is 0.315 e. The van der Waals surface area contributed by atoms with E-state index in [1.807, 2.05) is 22.4 Å². The van der Waals surface area contributed by atoms with Gasteiger partial charge in [0.25, 0.3) is 5.56 Å². The van der Waals surface area contributed by atoms with Gasteiger partial charge in [0.1, 0.15) is 0 Å². The summed E-state index contributed by atoms with van der Waals surface area (Å²) in [5.41, 5.74) is 1.29. The molecule has 9 heteroatoms. The summed E-state index contributed by atoms with van der Waals surface area (Å²) in [6.07, 6.45) is 4.67. The number of nitrogens with zero attached hydrogens (tertiary/aromatic N) is 2. The number of likely N-dealkylation sites (tertiary alicyclic amines) is 1. The number of aromatic nitrogens is 1. The van der Waals surface area contributed by atoms with Gasteiger partial charge < -0.3 is 25.4 Å². The van der Waals surface area contributed by atoms with Crippen molar-refractivity contribution in [3.05, 3.63) is 34.2 Å². The highest BCUT2D eigenvalue weighted by Gasteiger charge is 2.42. The third kappa shape index (κ3) is 4.69. The number of hydrogen-bond acceptors (Lipinski definition) is 5. The third-order valence-electron chi connectivity index (χ3n) is 7.39. The second-order valence-electron chi connectivity index (χ2n) is 9.68. The first-order chi connectivity index (χ1) is 15.6. The lowest BCUT2D eigenvalue weighted by atomic mass is 9.83. The minimum absolute atomic E-state index is 0.0415. The van der Waals surface area contributed by atoms with Crippen LogP contribution in [0.3, 0.4) is 0 Å². The Bertz CT molecular complexity index is 921. The van der Waals surface area contributed by atoms with E-state index in [0.717, 1.165) is 57.6 Å². The summed E-state index contributed by atoms with van der Waals surface area (Å²) in [6.45, 7) is 4.32. The Morgan fingerprint density at radius 1 is 1.16 bits per heavy atom. The van der Waals surface area contributed by atoms with Crippen LogP contribution in [0.1, 0.15) is 43.7 Å². The molecule has 0 aromatic carbocycles. The molecule has 5 rings (SSSR count). The average Bonchev–Trinajstić information content (AvgIpc) is 3.31. The second-order valence-corrected chi connectivity index (χ2v) is 10.9. The monoisotopic (exact) mass is 459 g/mol. The molecule has 4 aliphatic heterocycles. The number of piperidine rings is 1. The molecule has 3 N–H and O–H groups in total. The van der Waals surface area contributed by atoms with E-state index in [2.05, 4.69) is 26.9 Å². The number of carbonyl (C=O) groups is 2. The molecule has 5 atom stereocenters. The van der Waals surface area contributed by atoms with Gasteiger partial charge in [-0.05, 0) is 31.2 Å². The van der Waals surface area contributed by atoms with Crippen molar-refractivity contribution in [1.29, 1.82) is 0 Å². The minimum atomic E-state index is -0.0415. The van der Waals surface area contributed by atoms with Crippen LogP contribution in [0.2, 0.25) is 0 Å². The SMILES string of the molecule is O=C(CCCC[C@@H]1SC[C@@H]2NC(=O)N[C@@H]21)NCCN1C[C@H]2C[C@@H](C1)c1cccc(=O)n1C2. The summed E-state index contributed by atoms with van der Waals surface area (Å²) in [7, 11) is 0. The van der Waals surface area contributed by atoms with Gasteiger partial charge in [-0.2, -0.15) is 11.8 Å². The summed E-state index contributed by atoms with van der Waals surface area (Å²) in [5, 5.41) is 9.54. The van der Waals surface area contributed by atoms with Crippen LogP contribution in [0.5, 0.6) is 0 Å². The number of rotatable bonds is 8. The Kier molecular flexibility index (Phi) is 6.46. The molecule has 1 aromatic heterocycles. The smallest absolute Gasteiger partial charge is 0.315 e. The molecule has 5 heterocycles. The highest BCUT2D eigenvalue weighted by Crippen LogP contribution is 2.35. The van der Waals surface area contributed by atoms with E-state index in [4.69, 9.17) is 0 Å². The molecule has 2 bridgehead atoms. The van der Waals surface area contributed by atoms with Gasteiger partial charge in [-0.15, -0.1) is 0 Å².